The maximum atomic E-state index is 11.4. The van der Waals surface area contributed by atoms with Crippen LogP contribution >= 0.6 is 0 Å². The fourth-order valence-electron chi connectivity index (χ4n) is 14.6. The van der Waals surface area contributed by atoms with Crippen LogP contribution in [0, 0.1) is 52.3 Å². The molecule has 17 heteroatoms. The van der Waals surface area contributed by atoms with E-state index in [1.165, 1.54) is 25.7 Å². The van der Waals surface area contributed by atoms with E-state index >= 15 is 0 Å². The molecule has 5 saturated heterocycles. The van der Waals surface area contributed by atoms with Crippen LogP contribution in [-0.4, -0.2) is 176 Å². The highest BCUT2D eigenvalue weighted by Crippen LogP contribution is 2.71. The molecule has 5 heterocycles. The molecule has 0 aromatic heterocycles. The molecular formula is C44H73NO16. The van der Waals surface area contributed by atoms with Crippen molar-refractivity contribution in [3.8, 4) is 0 Å². The van der Waals surface area contributed by atoms with Crippen molar-refractivity contribution < 1.29 is 79.1 Å². The third kappa shape index (κ3) is 7.58. The van der Waals surface area contributed by atoms with E-state index < -0.39 is 106 Å². The number of nitrogens with one attached hydrogen (secondary N) is 1. The number of fused-ring (bicyclic) bond motifs is 7. The molecule has 61 heavy (non-hydrogen) atoms. The molecule has 350 valence electrons. The zero-order valence-electron chi connectivity index (χ0n) is 36.1. The summed E-state index contributed by atoms with van der Waals surface area (Å²) in [5.41, 5.74) is 0.283. The van der Waals surface area contributed by atoms with Gasteiger partial charge in [-0.25, -0.2) is 0 Å². The topological polar surface area (TPSA) is 259 Å². The van der Waals surface area contributed by atoms with Crippen LogP contribution in [0.5, 0.6) is 0 Å². The highest BCUT2D eigenvalue weighted by molar-refractivity contribution is 5.16. The Labute approximate surface area is 358 Å². The first-order valence-corrected chi connectivity index (χ1v) is 23.3. The fraction of sp³-hybridized carbons (Fsp3) is 1.00. The van der Waals surface area contributed by atoms with Gasteiger partial charge in [-0.3, -0.25) is 5.32 Å². The predicted octanol–water partition coefficient (Wildman–Crippen LogP) is -0.521. The molecule has 9 aliphatic rings. The Morgan fingerprint density at radius 2 is 1.33 bits per heavy atom. The normalized spacial score (nSPS) is 58.5. The van der Waals surface area contributed by atoms with Gasteiger partial charge in [-0.05, 0) is 111 Å². The molecule has 0 amide bonds. The van der Waals surface area contributed by atoms with Crippen molar-refractivity contribution >= 4 is 0 Å². The summed E-state index contributed by atoms with van der Waals surface area (Å²) in [6.45, 7) is 9.11. The molecule has 10 N–H and O–H groups in total. The van der Waals surface area contributed by atoms with E-state index in [0.717, 1.165) is 45.1 Å². The first-order chi connectivity index (χ1) is 29.0. The van der Waals surface area contributed by atoms with Crippen LogP contribution in [0.3, 0.4) is 0 Å². The van der Waals surface area contributed by atoms with Gasteiger partial charge in [0.1, 0.15) is 72.9 Å². The van der Waals surface area contributed by atoms with Gasteiger partial charge in [-0.2, -0.15) is 0 Å². The zero-order chi connectivity index (χ0) is 43.3. The smallest absolute Gasteiger partial charge is 0.187 e. The molecular weight excluding hydrogens is 798 g/mol. The highest BCUT2D eigenvalue weighted by Gasteiger charge is 2.69. The number of rotatable bonds is 8. The molecule has 26 unspecified atom stereocenters. The van der Waals surface area contributed by atoms with Gasteiger partial charge in [-0.15, -0.1) is 0 Å². The zero-order valence-corrected chi connectivity index (χ0v) is 36.1. The maximum Gasteiger partial charge on any atom is 0.187 e. The molecule has 5 aliphatic heterocycles. The summed E-state index contributed by atoms with van der Waals surface area (Å²) in [5.74, 6) is 4.17. The van der Waals surface area contributed by atoms with Crippen LogP contribution in [0.25, 0.3) is 0 Å². The van der Waals surface area contributed by atoms with Gasteiger partial charge >= 0.3 is 0 Å². The van der Waals surface area contributed by atoms with E-state index in [0.29, 0.717) is 47.5 Å². The molecule has 26 atom stereocenters. The Kier molecular flexibility index (Phi) is 12.8. The van der Waals surface area contributed by atoms with E-state index in [4.69, 9.17) is 33.2 Å². The molecule has 0 bridgehead atoms. The van der Waals surface area contributed by atoms with Gasteiger partial charge in [0.2, 0.25) is 0 Å². The Morgan fingerprint density at radius 1 is 0.639 bits per heavy atom. The van der Waals surface area contributed by atoms with Gasteiger partial charge < -0.3 is 79.1 Å². The molecule has 4 aliphatic carbocycles. The predicted molar refractivity (Wildman–Crippen MR) is 212 cm³/mol. The van der Waals surface area contributed by atoms with Gasteiger partial charge in [0, 0.05) is 12.5 Å². The van der Waals surface area contributed by atoms with E-state index in [1.54, 1.807) is 0 Å². The molecule has 1 spiro atoms. The lowest BCUT2D eigenvalue weighted by Gasteiger charge is -2.61. The van der Waals surface area contributed by atoms with Crippen molar-refractivity contribution in [1.29, 1.82) is 0 Å². The second-order valence-corrected chi connectivity index (χ2v) is 21.2. The lowest BCUT2D eigenvalue weighted by Crippen LogP contribution is -2.66. The average molecular weight is 872 g/mol. The minimum Gasteiger partial charge on any atom is -0.394 e. The van der Waals surface area contributed by atoms with Crippen molar-refractivity contribution in [2.45, 2.75) is 196 Å². The Morgan fingerprint density at radius 3 is 2.05 bits per heavy atom. The second-order valence-electron chi connectivity index (χ2n) is 21.2. The quantitative estimate of drug-likeness (QED) is 0.138. The molecule has 17 nitrogen and oxygen atoms in total. The molecule has 9 fully saturated rings. The molecule has 0 aromatic rings. The maximum absolute atomic E-state index is 11.4. The van der Waals surface area contributed by atoms with Gasteiger partial charge in [0.05, 0.1) is 32.0 Å². The largest absolute Gasteiger partial charge is 0.394 e. The molecule has 4 saturated carbocycles. The first kappa shape index (κ1) is 45.5. The monoisotopic (exact) mass is 871 g/mol. The van der Waals surface area contributed by atoms with Crippen LogP contribution < -0.4 is 5.32 Å². The minimum atomic E-state index is -1.82. The Hall–Kier alpha value is -0.680. The summed E-state index contributed by atoms with van der Waals surface area (Å²) in [6.07, 6.45) is -10.8. The number of piperidine rings is 1. The summed E-state index contributed by atoms with van der Waals surface area (Å²) in [7, 11) is 0. The van der Waals surface area contributed by atoms with E-state index in [-0.39, 0.29) is 22.7 Å². The summed E-state index contributed by atoms with van der Waals surface area (Å²) >= 11 is 0. The van der Waals surface area contributed by atoms with E-state index in [1.807, 2.05) is 0 Å². The van der Waals surface area contributed by atoms with E-state index in [2.05, 4.69) is 33.0 Å². The summed E-state index contributed by atoms with van der Waals surface area (Å²) in [5, 5.41) is 99.6. The number of ether oxygens (including phenoxy) is 7. The van der Waals surface area contributed by atoms with Crippen LogP contribution in [0.15, 0.2) is 0 Å². The fourth-order valence-corrected chi connectivity index (χ4v) is 14.6. The highest BCUT2D eigenvalue weighted by atomic mass is 16.8. The molecule has 0 aromatic carbocycles. The van der Waals surface area contributed by atoms with Crippen molar-refractivity contribution in [2.75, 3.05) is 26.4 Å². The SMILES string of the molecule is CC1CCC2(NC1)OC1CC3C4CCC5CC(OC6OC(CO)C(OC7OC(CO)C(O)C(OC8OCC(O)C(O)C8O)C7O)C(O)C6O)CCC5(C)C4CCC3(C)C1C2C. The van der Waals surface area contributed by atoms with Crippen molar-refractivity contribution in [1.82, 2.24) is 5.32 Å². The number of aliphatic hydroxyl groups excluding tert-OH is 9. The van der Waals surface area contributed by atoms with Crippen molar-refractivity contribution in [3.05, 3.63) is 0 Å². The van der Waals surface area contributed by atoms with Crippen LogP contribution in [0.2, 0.25) is 0 Å². The lowest BCUT2D eigenvalue weighted by atomic mass is 9.44. The van der Waals surface area contributed by atoms with Crippen molar-refractivity contribution in [2.24, 2.45) is 52.3 Å². The first-order valence-electron chi connectivity index (χ1n) is 23.3. The van der Waals surface area contributed by atoms with Crippen LogP contribution in [0.4, 0.5) is 0 Å². The standard InChI is InChI=1S/C44H73NO16/c1-19-7-12-44(45-15-19)20(2)30-27(61-44)14-25-23-6-5-21-13-22(8-10-42(21,3)24(23)9-11-43(25,30)4)56-40-35(53)33(51)37(29(17-47)58-40)59-41-36(54)38(32(50)28(16-46)57-41)60-39-34(52)31(49)26(48)18-55-39/h19-41,45-54H,5-18H2,1-4H3. The van der Waals surface area contributed by atoms with E-state index in [9.17, 15) is 46.0 Å². The molecule has 0 radical (unpaired) electrons. The number of hydrogen-bond acceptors (Lipinski definition) is 17. The van der Waals surface area contributed by atoms with Gasteiger partial charge in [0.25, 0.3) is 0 Å². The Balaban J connectivity index is 0.815. The third-order valence-corrected chi connectivity index (χ3v) is 18.1. The van der Waals surface area contributed by atoms with Gasteiger partial charge in [-0.1, -0.05) is 27.7 Å². The number of aliphatic hydroxyl groups is 9. The third-order valence-electron chi connectivity index (χ3n) is 18.1. The van der Waals surface area contributed by atoms with Crippen molar-refractivity contribution in [3.63, 3.8) is 0 Å². The average Bonchev–Trinajstić information content (AvgIpc) is 3.69. The molecule has 9 rings (SSSR count). The summed E-state index contributed by atoms with van der Waals surface area (Å²) < 4.78 is 42.1. The van der Waals surface area contributed by atoms with Crippen LogP contribution in [-0.2, 0) is 33.2 Å². The van der Waals surface area contributed by atoms with Gasteiger partial charge in [0.15, 0.2) is 18.9 Å². The lowest BCUT2D eigenvalue weighted by molar-refractivity contribution is -0.378. The second kappa shape index (κ2) is 17.2. The summed E-state index contributed by atoms with van der Waals surface area (Å²) in [6, 6.07) is 0. The van der Waals surface area contributed by atoms with Crippen LogP contribution in [0.1, 0.15) is 91.9 Å². The Bertz CT molecular complexity index is 1520. The summed E-state index contributed by atoms with van der Waals surface area (Å²) in [4.78, 5) is 0. The minimum absolute atomic E-state index is 0.166. The number of hydrogen-bond donors (Lipinski definition) is 10.